The van der Waals surface area contributed by atoms with Gasteiger partial charge in [0.2, 0.25) is 17.6 Å². The predicted molar refractivity (Wildman–Crippen MR) is 103 cm³/mol. The Labute approximate surface area is 161 Å². The van der Waals surface area contributed by atoms with Gasteiger partial charge < -0.3 is 24.8 Å². The maximum atomic E-state index is 12.2. The molecule has 0 aliphatic rings. The van der Waals surface area contributed by atoms with Gasteiger partial charge in [0, 0.05) is 31.0 Å². The predicted octanol–water partition coefficient (Wildman–Crippen LogP) is 2.03. The summed E-state index contributed by atoms with van der Waals surface area (Å²) in [4.78, 5) is 28.3. The maximum absolute atomic E-state index is 12.2. The fraction of sp³-hybridized carbons (Fsp3) is 0.389. The molecule has 0 aliphatic heterocycles. The Balaban J connectivity index is 1.90. The number of rotatable bonds is 9. The molecule has 0 unspecified atom stereocenters. The van der Waals surface area contributed by atoms with Crippen molar-refractivity contribution in [2.75, 3.05) is 33.2 Å². The van der Waals surface area contributed by atoms with Crippen LogP contribution in [0.1, 0.15) is 17.4 Å². The number of carbonyl (C=O) groups excluding carboxylic acids is 2. The number of nitrogens with zero attached hydrogens (tertiary/aromatic N) is 1. The average Bonchev–Trinajstić information content (AvgIpc) is 3.07. The first kappa shape index (κ1) is 20.5. The molecule has 1 aromatic heterocycles. The quantitative estimate of drug-likeness (QED) is 0.676. The fourth-order valence-corrected chi connectivity index (χ4v) is 3.30. The first-order chi connectivity index (χ1) is 13.0. The minimum atomic E-state index is -0.158. The van der Waals surface area contributed by atoms with Crippen LogP contribution in [-0.2, 0) is 22.4 Å². The molecule has 1 aromatic carbocycles. The van der Waals surface area contributed by atoms with Gasteiger partial charge in [0.05, 0.1) is 27.8 Å². The summed E-state index contributed by atoms with van der Waals surface area (Å²) in [6.07, 6.45) is 2.52. The van der Waals surface area contributed by atoms with Gasteiger partial charge in [-0.1, -0.05) is 0 Å². The summed E-state index contributed by atoms with van der Waals surface area (Å²) in [5.74, 6) is 1.24. The molecule has 27 heavy (non-hydrogen) atoms. The molecule has 1 heterocycles. The van der Waals surface area contributed by atoms with E-state index in [0.29, 0.717) is 35.3 Å². The number of ether oxygens (including phenoxy) is 3. The van der Waals surface area contributed by atoms with E-state index in [4.69, 9.17) is 14.2 Å². The van der Waals surface area contributed by atoms with Crippen LogP contribution in [0, 0.1) is 0 Å². The van der Waals surface area contributed by atoms with Crippen LogP contribution < -0.4 is 24.8 Å². The molecule has 2 aromatic rings. The molecule has 146 valence electrons. The highest BCUT2D eigenvalue weighted by molar-refractivity contribution is 7.15. The zero-order chi connectivity index (χ0) is 19.8. The molecule has 0 saturated carbocycles. The third-order valence-electron chi connectivity index (χ3n) is 3.62. The first-order valence-electron chi connectivity index (χ1n) is 8.24. The molecular weight excluding hydrogens is 370 g/mol. The Morgan fingerprint density at radius 1 is 1.11 bits per heavy atom. The van der Waals surface area contributed by atoms with Gasteiger partial charge in [0.25, 0.3) is 0 Å². The molecule has 0 bridgehead atoms. The van der Waals surface area contributed by atoms with Crippen LogP contribution in [0.25, 0.3) is 0 Å². The van der Waals surface area contributed by atoms with Gasteiger partial charge in [0.1, 0.15) is 0 Å². The summed E-state index contributed by atoms with van der Waals surface area (Å²) in [5, 5.41) is 6.06. The summed E-state index contributed by atoms with van der Waals surface area (Å²) in [7, 11) is 4.60. The number of methoxy groups -OCH3 is 3. The number of hydrogen-bond acceptors (Lipinski definition) is 7. The number of carbonyl (C=O) groups is 2. The molecule has 0 radical (unpaired) electrons. The van der Waals surface area contributed by atoms with Crippen molar-refractivity contribution < 1.29 is 23.8 Å². The van der Waals surface area contributed by atoms with E-state index >= 15 is 0 Å². The molecular formula is C18H23N3O5S. The van der Waals surface area contributed by atoms with Crippen LogP contribution in [0.15, 0.2) is 18.3 Å². The minimum Gasteiger partial charge on any atom is -0.493 e. The van der Waals surface area contributed by atoms with Crippen molar-refractivity contribution in [3.05, 3.63) is 28.8 Å². The third-order valence-corrected chi connectivity index (χ3v) is 4.59. The van der Waals surface area contributed by atoms with E-state index < -0.39 is 0 Å². The lowest BCUT2D eigenvalue weighted by atomic mass is 10.1. The molecule has 0 saturated heterocycles. The molecule has 0 aliphatic carbocycles. The van der Waals surface area contributed by atoms with Gasteiger partial charge in [-0.15, -0.1) is 11.3 Å². The molecule has 2 amide bonds. The van der Waals surface area contributed by atoms with Crippen LogP contribution >= 0.6 is 11.3 Å². The highest BCUT2D eigenvalue weighted by Gasteiger charge is 2.15. The molecule has 0 spiro atoms. The molecule has 0 fully saturated rings. The zero-order valence-corrected chi connectivity index (χ0v) is 16.6. The number of anilines is 1. The number of benzene rings is 1. The van der Waals surface area contributed by atoms with Crippen LogP contribution in [0.3, 0.4) is 0 Å². The second-order valence-corrected chi connectivity index (χ2v) is 6.74. The second kappa shape index (κ2) is 9.77. The van der Waals surface area contributed by atoms with Gasteiger partial charge in [-0.05, 0) is 17.7 Å². The Bertz CT molecular complexity index is 781. The normalized spacial score (nSPS) is 10.2. The van der Waals surface area contributed by atoms with Gasteiger partial charge in [-0.3, -0.25) is 9.59 Å². The van der Waals surface area contributed by atoms with Crippen molar-refractivity contribution >= 4 is 28.3 Å². The molecule has 8 nitrogen and oxygen atoms in total. The van der Waals surface area contributed by atoms with Crippen LogP contribution in [0.4, 0.5) is 5.13 Å². The number of amides is 2. The van der Waals surface area contributed by atoms with Gasteiger partial charge in [-0.25, -0.2) is 4.98 Å². The standard InChI is InChI=1S/C18H23N3O5S/c1-11(22)21-18-20-10-13(27-18)5-6-19-16(23)9-12-7-14(24-2)17(26-4)15(8-12)25-3/h7-8,10H,5-6,9H2,1-4H3,(H,19,23)(H,20,21,22). The van der Waals surface area contributed by atoms with Crippen molar-refractivity contribution in [1.82, 2.24) is 10.3 Å². The minimum absolute atomic E-state index is 0.115. The number of aromatic nitrogens is 1. The summed E-state index contributed by atoms with van der Waals surface area (Å²) >= 11 is 1.39. The number of thiazole rings is 1. The van der Waals surface area contributed by atoms with E-state index in [1.807, 2.05) is 0 Å². The van der Waals surface area contributed by atoms with Crippen LogP contribution in [0.5, 0.6) is 17.2 Å². The highest BCUT2D eigenvalue weighted by Crippen LogP contribution is 2.38. The SMILES string of the molecule is COc1cc(CC(=O)NCCc2cnc(NC(C)=O)s2)cc(OC)c1OC. The molecule has 0 atom stereocenters. The van der Waals surface area contributed by atoms with Crippen LogP contribution in [0.2, 0.25) is 0 Å². The first-order valence-corrected chi connectivity index (χ1v) is 9.06. The average molecular weight is 393 g/mol. The van der Waals surface area contributed by atoms with Crippen molar-refractivity contribution in [2.24, 2.45) is 0 Å². The summed E-state index contributed by atoms with van der Waals surface area (Å²) in [5.41, 5.74) is 0.757. The molecule has 2 N–H and O–H groups in total. The van der Waals surface area contributed by atoms with Crippen molar-refractivity contribution in [2.45, 2.75) is 19.8 Å². The van der Waals surface area contributed by atoms with E-state index in [1.165, 1.54) is 39.6 Å². The van der Waals surface area contributed by atoms with E-state index in [1.54, 1.807) is 18.3 Å². The smallest absolute Gasteiger partial charge is 0.224 e. The van der Waals surface area contributed by atoms with E-state index in [2.05, 4.69) is 15.6 Å². The lowest BCUT2D eigenvalue weighted by Crippen LogP contribution is -2.27. The third kappa shape index (κ3) is 5.85. The summed E-state index contributed by atoms with van der Waals surface area (Å²) < 4.78 is 15.9. The van der Waals surface area contributed by atoms with Crippen molar-refractivity contribution in [1.29, 1.82) is 0 Å². The monoisotopic (exact) mass is 393 g/mol. The summed E-state index contributed by atoms with van der Waals surface area (Å²) in [6.45, 7) is 1.91. The van der Waals surface area contributed by atoms with E-state index in [9.17, 15) is 9.59 Å². The maximum Gasteiger partial charge on any atom is 0.224 e. The Kier molecular flexibility index (Phi) is 7.42. The number of hydrogen-bond donors (Lipinski definition) is 2. The lowest BCUT2D eigenvalue weighted by molar-refractivity contribution is -0.120. The Morgan fingerprint density at radius 3 is 2.33 bits per heavy atom. The summed E-state index contributed by atoms with van der Waals surface area (Å²) in [6, 6.07) is 3.51. The van der Waals surface area contributed by atoms with Crippen LogP contribution in [-0.4, -0.2) is 44.7 Å². The topological polar surface area (TPSA) is 98.8 Å². The fourth-order valence-electron chi connectivity index (χ4n) is 2.44. The van der Waals surface area contributed by atoms with Crippen molar-refractivity contribution in [3.8, 4) is 17.2 Å². The highest BCUT2D eigenvalue weighted by atomic mass is 32.1. The molecule has 9 heteroatoms. The largest absolute Gasteiger partial charge is 0.493 e. The zero-order valence-electron chi connectivity index (χ0n) is 15.8. The second-order valence-electron chi connectivity index (χ2n) is 5.62. The van der Waals surface area contributed by atoms with Crippen molar-refractivity contribution in [3.63, 3.8) is 0 Å². The van der Waals surface area contributed by atoms with E-state index in [0.717, 1.165) is 10.4 Å². The van der Waals surface area contributed by atoms with Gasteiger partial charge >= 0.3 is 0 Å². The van der Waals surface area contributed by atoms with Gasteiger partial charge in [0.15, 0.2) is 16.6 Å². The number of nitrogens with one attached hydrogen (secondary N) is 2. The Morgan fingerprint density at radius 2 is 1.78 bits per heavy atom. The molecule has 2 rings (SSSR count). The lowest BCUT2D eigenvalue weighted by Gasteiger charge is -2.14. The van der Waals surface area contributed by atoms with E-state index in [-0.39, 0.29) is 18.2 Å². The van der Waals surface area contributed by atoms with Gasteiger partial charge in [-0.2, -0.15) is 0 Å². The Hall–Kier alpha value is -2.81.